The Bertz CT molecular complexity index is 343. The van der Waals surface area contributed by atoms with Crippen molar-refractivity contribution in [2.75, 3.05) is 23.3 Å². The lowest BCUT2D eigenvalue weighted by Gasteiger charge is -2.17. The monoisotopic (exact) mass is 283 g/mol. The van der Waals surface area contributed by atoms with Gasteiger partial charge < -0.3 is 4.90 Å². The van der Waals surface area contributed by atoms with E-state index in [1.165, 1.54) is 12.8 Å². The maximum Gasteiger partial charge on any atom is 0.132 e. The van der Waals surface area contributed by atoms with Crippen molar-refractivity contribution in [3.05, 3.63) is 18.1 Å². The number of alkyl halides is 1. The second kappa shape index (κ2) is 5.62. The number of rotatable bonds is 4. The molecule has 3 nitrogen and oxygen atoms in total. The van der Waals surface area contributed by atoms with Gasteiger partial charge in [-0.05, 0) is 25.2 Å². The lowest BCUT2D eigenvalue weighted by atomic mass is 10.1. The zero-order valence-electron chi connectivity index (χ0n) is 9.69. The van der Waals surface area contributed by atoms with Crippen LogP contribution in [0.25, 0.3) is 0 Å². The minimum absolute atomic E-state index is 0.819. The molecule has 0 N–H and O–H groups in total. The van der Waals surface area contributed by atoms with Crippen molar-refractivity contribution in [1.29, 1.82) is 0 Å². The highest BCUT2D eigenvalue weighted by Crippen LogP contribution is 2.24. The Balaban J connectivity index is 2.02. The van der Waals surface area contributed by atoms with Crippen LogP contribution in [-0.2, 0) is 6.42 Å². The van der Waals surface area contributed by atoms with E-state index in [0.717, 1.165) is 42.3 Å². The van der Waals surface area contributed by atoms with E-state index in [0.29, 0.717) is 0 Å². The summed E-state index contributed by atoms with van der Waals surface area (Å²) in [7, 11) is 0. The van der Waals surface area contributed by atoms with Gasteiger partial charge in [-0.2, -0.15) is 0 Å². The van der Waals surface area contributed by atoms with Gasteiger partial charge in [0.15, 0.2) is 0 Å². The Labute approximate surface area is 105 Å². The second-order valence-electron chi connectivity index (χ2n) is 4.30. The summed E-state index contributed by atoms with van der Waals surface area (Å²) in [5.74, 6) is 1.92. The average molecular weight is 284 g/mol. The van der Waals surface area contributed by atoms with E-state index < -0.39 is 0 Å². The summed E-state index contributed by atoms with van der Waals surface area (Å²) >= 11 is 3.51. The van der Waals surface area contributed by atoms with Crippen molar-refractivity contribution in [1.82, 2.24) is 9.97 Å². The minimum Gasteiger partial charge on any atom is -0.356 e. The van der Waals surface area contributed by atoms with Gasteiger partial charge in [0.1, 0.15) is 12.1 Å². The fourth-order valence-electron chi connectivity index (χ4n) is 2.18. The van der Waals surface area contributed by atoms with E-state index in [-0.39, 0.29) is 0 Å². The SMILES string of the molecule is CCc1cc(N2CCC(CCBr)C2)ncn1. The Morgan fingerprint density at radius 1 is 1.50 bits per heavy atom. The second-order valence-corrected chi connectivity index (χ2v) is 5.09. The first-order valence-electron chi connectivity index (χ1n) is 5.95. The Morgan fingerprint density at radius 3 is 3.12 bits per heavy atom. The van der Waals surface area contributed by atoms with Crippen LogP contribution in [-0.4, -0.2) is 28.4 Å². The molecule has 1 aromatic rings. The summed E-state index contributed by atoms with van der Waals surface area (Å²) < 4.78 is 0. The van der Waals surface area contributed by atoms with Crippen LogP contribution < -0.4 is 4.90 Å². The highest BCUT2D eigenvalue weighted by Gasteiger charge is 2.22. The molecule has 1 aliphatic rings. The van der Waals surface area contributed by atoms with Gasteiger partial charge in [0.25, 0.3) is 0 Å². The summed E-state index contributed by atoms with van der Waals surface area (Å²) in [6, 6.07) is 2.12. The average Bonchev–Trinajstić information content (AvgIpc) is 2.78. The molecule has 0 bridgehead atoms. The lowest BCUT2D eigenvalue weighted by Crippen LogP contribution is -2.21. The fraction of sp³-hybridized carbons (Fsp3) is 0.667. The van der Waals surface area contributed by atoms with Crippen LogP contribution in [0.5, 0.6) is 0 Å². The third-order valence-corrected chi connectivity index (χ3v) is 3.66. The van der Waals surface area contributed by atoms with Crippen molar-refractivity contribution in [2.45, 2.75) is 26.2 Å². The van der Waals surface area contributed by atoms with Gasteiger partial charge in [0.2, 0.25) is 0 Å². The molecule has 1 aliphatic heterocycles. The van der Waals surface area contributed by atoms with Crippen molar-refractivity contribution in [3.63, 3.8) is 0 Å². The molecule has 0 spiro atoms. The molecule has 1 aromatic heterocycles. The van der Waals surface area contributed by atoms with Crippen molar-refractivity contribution >= 4 is 21.7 Å². The zero-order chi connectivity index (χ0) is 11.4. The quantitative estimate of drug-likeness (QED) is 0.796. The van der Waals surface area contributed by atoms with Crippen LogP contribution in [0.3, 0.4) is 0 Å². The smallest absolute Gasteiger partial charge is 0.132 e. The maximum atomic E-state index is 4.37. The third kappa shape index (κ3) is 2.73. The van der Waals surface area contributed by atoms with E-state index >= 15 is 0 Å². The van der Waals surface area contributed by atoms with E-state index in [1.807, 2.05) is 0 Å². The van der Waals surface area contributed by atoms with Crippen LogP contribution in [0.1, 0.15) is 25.5 Å². The first-order chi connectivity index (χ1) is 7.83. The van der Waals surface area contributed by atoms with Crippen LogP contribution in [0, 0.1) is 5.92 Å². The lowest BCUT2D eigenvalue weighted by molar-refractivity contribution is 0.575. The number of hydrogen-bond donors (Lipinski definition) is 0. The molecule has 0 aliphatic carbocycles. The zero-order valence-corrected chi connectivity index (χ0v) is 11.3. The number of anilines is 1. The molecule has 88 valence electrons. The van der Waals surface area contributed by atoms with E-state index in [2.05, 4.69) is 43.8 Å². The summed E-state index contributed by atoms with van der Waals surface area (Å²) in [6.07, 6.45) is 5.22. The Hall–Kier alpha value is -0.640. The van der Waals surface area contributed by atoms with Gasteiger partial charge in [-0.15, -0.1) is 0 Å². The Kier molecular flexibility index (Phi) is 4.16. The summed E-state index contributed by atoms with van der Waals surface area (Å²) in [5, 5.41) is 1.11. The number of hydrogen-bond acceptors (Lipinski definition) is 3. The minimum atomic E-state index is 0.819. The van der Waals surface area contributed by atoms with E-state index in [4.69, 9.17) is 0 Å². The highest BCUT2D eigenvalue weighted by molar-refractivity contribution is 9.09. The Morgan fingerprint density at radius 2 is 2.38 bits per heavy atom. The van der Waals surface area contributed by atoms with Gasteiger partial charge in [-0.1, -0.05) is 22.9 Å². The molecule has 2 heterocycles. The third-order valence-electron chi connectivity index (χ3n) is 3.20. The van der Waals surface area contributed by atoms with Gasteiger partial charge in [0.05, 0.1) is 0 Å². The molecule has 0 aromatic carbocycles. The van der Waals surface area contributed by atoms with E-state index in [1.54, 1.807) is 6.33 Å². The number of halogens is 1. The molecular weight excluding hydrogens is 266 g/mol. The molecule has 1 saturated heterocycles. The molecule has 1 fully saturated rings. The predicted molar refractivity (Wildman–Crippen MR) is 70.1 cm³/mol. The molecule has 16 heavy (non-hydrogen) atoms. The molecule has 0 amide bonds. The molecular formula is C12H18BrN3. The molecule has 1 unspecified atom stereocenters. The molecule has 2 rings (SSSR count). The predicted octanol–water partition coefficient (Wildman–Crippen LogP) is 2.65. The number of nitrogens with zero attached hydrogens (tertiary/aromatic N) is 3. The van der Waals surface area contributed by atoms with Crippen LogP contribution in [0.4, 0.5) is 5.82 Å². The summed E-state index contributed by atoms with van der Waals surface area (Å²) in [5.41, 5.74) is 1.13. The molecule has 1 atom stereocenters. The number of aromatic nitrogens is 2. The van der Waals surface area contributed by atoms with E-state index in [9.17, 15) is 0 Å². The van der Waals surface area contributed by atoms with Gasteiger partial charge in [-0.25, -0.2) is 9.97 Å². The van der Waals surface area contributed by atoms with Crippen LogP contribution in [0.2, 0.25) is 0 Å². The first kappa shape index (κ1) is 11.8. The van der Waals surface area contributed by atoms with Gasteiger partial charge >= 0.3 is 0 Å². The highest BCUT2D eigenvalue weighted by atomic mass is 79.9. The maximum absolute atomic E-state index is 4.37. The topological polar surface area (TPSA) is 29.0 Å². The standard InChI is InChI=1S/C12H18BrN3/c1-2-11-7-12(15-9-14-11)16-6-4-10(8-16)3-5-13/h7,9-10H,2-6,8H2,1H3. The molecule has 4 heteroatoms. The van der Waals surface area contributed by atoms with Crippen molar-refractivity contribution < 1.29 is 0 Å². The first-order valence-corrected chi connectivity index (χ1v) is 7.07. The molecule has 0 saturated carbocycles. The summed E-state index contributed by atoms with van der Waals surface area (Å²) in [6.45, 7) is 4.41. The van der Waals surface area contributed by atoms with Crippen molar-refractivity contribution in [3.8, 4) is 0 Å². The number of aryl methyl sites for hydroxylation is 1. The largest absolute Gasteiger partial charge is 0.356 e. The fourth-order valence-corrected chi connectivity index (χ4v) is 2.83. The summed E-state index contributed by atoms with van der Waals surface area (Å²) in [4.78, 5) is 11.0. The van der Waals surface area contributed by atoms with Gasteiger partial charge in [-0.3, -0.25) is 0 Å². The van der Waals surface area contributed by atoms with Crippen molar-refractivity contribution in [2.24, 2.45) is 5.92 Å². The normalized spacial score (nSPS) is 20.4. The van der Waals surface area contributed by atoms with Gasteiger partial charge in [0, 0.05) is 30.2 Å². The molecule has 0 radical (unpaired) electrons. The van der Waals surface area contributed by atoms with Crippen LogP contribution in [0.15, 0.2) is 12.4 Å². The van der Waals surface area contributed by atoms with Crippen LogP contribution >= 0.6 is 15.9 Å².